The van der Waals surface area contributed by atoms with E-state index in [1.54, 1.807) is 13.4 Å². The van der Waals surface area contributed by atoms with Crippen molar-refractivity contribution in [2.24, 2.45) is 4.99 Å². The summed E-state index contributed by atoms with van der Waals surface area (Å²) in [6, 6.07) is 25.1. The Balaban J connectivity index is 1.90. The molecule has 4 heteroatoms. The van der Waals surface area contributed by atoms with Crippen LogP contribution < -0.4 is 14.2 Å². The lowest BCUT2D eigenvalue weighted by atomic mass is 10.2. The van der Waals surface area contributed by atoms with Crippen LogP contribution in [0.15, 0.2) is 95.7 Å². The number of methoxy groups -OCH3 is 1. The van der Waals surface area contributed by atoms with Crippen molar-refractivity contribution in [1.29, 1.82) is 0 Å². The van der Waals surface area contributed by atoms with Gasteiger partial charge in [0.25, 0.3) is 0 Å². The van der Waals surface area contributed by atoms with E-state index in [-0.39, 0.29) is 0 Å². The topological polar surface area (TPSA) is 40.0 Å². The van der Waals surface area contributed by atoms with Crippen LogP contribution in [-0.2, 0) is 0 Å². The molecule has 0 aliphatic rings. The molecule has 3 aromatic carbocycles. The van der Waals surface area contributed by atoms with E-state index in [0.29, 0.717) is 18.1 Å². The van der Waals surface area contributed by atoms with Gasteiger partial charge in [-0.2, -0.15) is 0 Å². The van der Waals surface area contributed by atoms with Gasteiger partial charge in [0.05, 0.1) is 19.1 Å². The average Bonchev–Trinajstić information content (AvgIpc) is 2.75. The zero-order valence-electron chi connectivity index (χ0n) is 17.0. The van der Waals surface area contributed by atoms with Crippen LogP contribution in [0, 0.1) is 6.92 Å². The number of ether oxygens (including phenoxy) is 3. The van der Waals surface area contributed by atoms with Crippen LogP contribution in [0.2, 0.25) is 0 Å². The van der Waals surface area contributed by atoms with E-state index in [4.69, 9.17) is 19.2 Å². The van der Waals surface area contributed by atoms with Crippen LogP contribution >= 0.6 is 0 Å². The molecule has 148 valence electrons. The molecule has 0 saturated carbocycles. The second-order valence-electron chi connectivity index (χ2n) is 6.46. The second kappa shape index (κ2) is 10.1. The third-order valence-corrected chi connectivity index (χ3v) is 4.24. The minimum atomic E-state index is 0.512. The van der Waals surface area contributed by atoms with Crippen molar-refractivity contribution in [2.45, 2.75) is 20.3 Å². The summed E-state index contributed by atoms with van der Waals surface area (Å²) in [5.41, 5.74) is 2.79. The minimum absolute atomic E-state index is 0.512. The van der Waals surface area contributed by atoms with Crippen LogP contribution in [0.4, 0.5) is 5.69 Å². The standard InChI is InChI=1S/C25H25NO3/c1-4-20(18-28-23-15-13-22(27-3)14-16-23)25(26-21-10-6-5-7-11-21)29-24-12-8-9-19(2)17-24/h5-18H,4H2,1-3H3/b20-18+,26-25-. The largest absolute Gasteiger partial charge is 0.497 e. The Morgan fingerprint density at radius 2 is 1.59 bits per heavy atom. The summed E-state index contributed by atoms with van der Waals surface area (Å²) < 4.78 is 17.2. The van der Waals surface area contributed by atoms with Crippen molar-refractivity contribution >= 4 is 11.6 Å². The Hall–Kier alpha value is -3.53. The maximum absolute atomic E-state index is 6.16. The molecule has 3 rings (SSSR count). The molecule has 0 aliphatic carbocycles. The molecule has 0 spiro atoms. The molecule has 0 heterocycles. The van der Waals surface area contributed by atoms with Crippen molar-refractivity contribution in [3.8, 4) is 17.2 Å². The Bertz CT molecular complexity index is 976. The van der Waals surface area contributed by atoms with Crippen molar-refractivity contribution in [2.75, 3.05) is 7.11 Å². The van der Waals surface area contributed by atoms with Gasteiger partial charge in [-0.3, -0.25) is 0 Å². The molecular formula is C25H25NO3. The Morgan fingerprint density at radius 3 is 2.24 bits per heavy atom. The summed E-state index contributed by atoms with van der Waals surface area (Å²) in [5.74, 6) is 2.75. The fourth-order valence-electron chi connectivity index (χ4n) is 2.65. The number of hydrogen-bond donors (Lipinski definition) is 0. The monoisotopic (exact) mass is 387 g/mol. The zero-order valence-corrected chi connectivity index (χ0v) is 17.0. The molecule has 0 amide bonds. The minimum Gasteiger partial charge on any atom is -0.497 e. The second-order valence-corrected chi connectivity index (χ2v) is 6.46. The fraction of sp³-hybridized carbons (Fsp3) is 0.160. The van der Waals surface area contributed by atoms with Gasteiger partial charge in [-0.15, -0.1) is 0 Å². The normalized spacial score (nSPS) is 11.8. The third kappa shape index (κ3) is 5.98. The molecule has 29 heavy (non-hydrogen) atoms. The quantitative estimate of drug-likeness (QED) is 0.264. The molecule has 0 saturated heterocycles. The number of benzene rings is 3. The molecule has 0 N–H and O–H groups in total. The molecule has 0 atom stereocenters. The smallest absolute Gasteiger partial charge is 0.226 e. The summed E-state index contributed by atoms with van der Waals surface area (Å²) in [5, 5.41) is 0. The van der Waals surface area contributed by atoms with Crippen molar-refractivity contribution in [3.05, 3.63) is 96.3 Å². The molecular weight excluding hydrogens is 362 g/mol. The Kier molecular flexibility index (Phi) is 7.06. The van der Waals surface area contributed by atoms with Crippen molar-refractivity contribution in [3.63, 3.8) is 0 Å². The van der Waals surface area contributed by atoms with Gasteiger partial charge in [0.1, 0.15) is 17.2 Å². The first kappa shape index (κ1) is 20.2. The molecule has 0 aromatic heterocycles. The predicted molar refractivity (Wildman–Crippen MR) is 117 cm³/mol. The third-order valence-electron chi connectivity index (χ3n) is 4.24. The average molecular weight is 387 g/mol. The van der Waals surface area contributed by atoms with Crippen LogP contribution in [0.3, 0.4) is 0 Å². The fourth-order valence-corrected chi connectivity index (χ4v) is 2.65. The highest BCUT2D eigenvalue weighted by atomic mass is 16.5. The highest BCUT2D eigenvalue weighted by Gasteiger charge is 2.11. The van der Waals surface area contributed by atoms with E-state index >= 15 is 0 Å². The number of aryl methyl sites for hydroxylation is 1. The summed E-state index contributed by atoms with van der Waals surface area (Å²) in [6.45, 7) is 4.08. The molecule has 3 aromatic rings. The van der Waals surface area contributed by atoms with Crippen molar-refractivity contribution in [1.82, 2.24) is 0 Å². The molecule has 0 radical (unpaired) electrons. The van der Waals surface area contributed by atoms with Gasteiger partial charge in [-0.05, 0) is 67.4 Å². The van der Waals surface area contributed by atoms with E-state index in [1.165, 1.54) is 0 Å². The van der Waals surface area contributed by atoms with Crippen LogP contribution in [-0.4, -0.2) is 13.0 Å². The zero-order chi connectivity index (χ0) is 20.5. The highest BCUT2D eigenvalue weighted by Crippen LogP contribution is 2.21. The maximum Gasteiger partial charge on any atom is 0.226 e. The number of rotatable bonds is 7. The lowest BCUT2D eigenvalue weighted by Gasteiger charge is -2.12. The van der Waals surface area contributed by atoms with E-state index in [2.05, 4.69) is 0 Å². The summed E-state index contributed by atoms with van der Waals surface area (Å²) >= 11 is 0. The lowest BCUT2D eigenvalue weighted by Crippen LogP contribution is -2.12. The van der Waals surface area contributed by atoms with Gasteiger partial charge >= 0.3 is 0 Å². The van der Waals surface area contributed by atoms with Gasteiger partial charge in [0, 0.05) is 5.57 Å². The van der Waals surface area contributed by atoms with E-state index in [0.717, 1.165) is 28.3 Å². The van der Waals surface area contributed by atoms with Gasteiger partial charge in [0.15, 0.2) is 0 Å². The van der Waals surface area contributed by atoms with Crippen molar-refractivity contribution < 1.29 is 14.2 Å². The predicted octanol–water partition coefficient (Wildman–Crippen LogP) is 6.49. The van der Waals surface area contributed by atoms with Crippen LogP contribution in [0.5, 0.6) is 17.2 Å². The summed E-state index contributed by atoms with van der Waals surface area (Å²) in [4.78, 5) is 4.72. The van der Waals surface area contributed by atoms with Gasteiger partial charge in [0.2, 0.25) is 5.90 Å². The first-order valence-corrected chi connectivity index (χ1v) is 9.56. The highest BCUT2D eigenvalue weighted by molar-refractivity contribution is 5.96. The first-order chi connectivity index (χ1) is 14.2. The number of nitrogens with zero attached hydrogens (tertiary/aromatic N) is 1. The Labute approximate surface area is 172 Å². The molecule has 4 nitrogen and oxygen atoms in total. The maximum atomic E-state index is 6.16. The number of hydrogen-bond acceptors (Lipinski definition) is 4. The summed E-state index contributed by atoms with van der Waals surface area (Å²) in [6.07, 6.45) is 2.40. The molecule has 0 aliphatic heterocycles. The number of aliphatic imine (C=N–C) groups is 1. The molecule has 0 unspecified atom stereocenters. The van der Waals surface area contributed by atoms with Gasteiger partial charge in [-0.1, -0.05) is 37.3 Å². The van der Waals surface area contributed by atoms with Crippen LogP contribution in [0.25, 0.3) is 0 Å². The van der Waals surface area contributed by atoms with E-state index < -0.39 is 0 Å². The Morgan fingerprint density at radius 1 is 0.862 bits per heavy atom. The molecule has 0 bridgehead atoms. The van der Waals surface area contributed by atoms with Gasteiger partial charge < -0.3 is 14.2 Å². The molecule has 0 fully saturated rings. The van der Waals surface area contributed by atoms with Gasteiger partial charge in [-0.25, -0.2) is 4.99 Å². The lowest BCUT2D eigenvalue weighted by molar-refractivity contribution is 0.412. The first-order valence-electron chi connectivity index (χ1n) is 9.56. The SMILES string of the molecule is CCC(=C\Oc1ccc(OC)cc1)/C(=N/c1ccccc1)Oc1cccc(C)c1. The van der Waals surface area contributed by atoms with E-state index in [9.17, 15) is 0 Å². The summed E-state index contributed by atoms with van der Waals surface area (Å²) in [7, 11) is 1.64. The number of para-hydroxylation sites is 1. The van der Waals surface area contributed by atoms with E-state index in [1.807, 2.05) is 92.7 Å². The van der Waals surface area contributed by atoms with Crippen LogP contribution in [0.1, 0.15) is 18.9 Å².